The van der Waals surface area contributed by atoms with Gasteiger partial charge in [0.1, 0.15) is 5.75 Å². The van der Waals surface area contributed by atoms with Gasteiger partial charge in [0.25, 0.3) is 5.91 Å². The van der Waals surface area contributed by atoms with Crippen LogP contribution in [0.5, 0.6) is 5.75 Å². The molecule has 1 N–H and O–H groups in total. The van der Waals surface area contributed by atoms with E-state index in [1.807, 2.05) is 29.2 Å². The monoisotopic (exact) mass is 274 g/mol. The summed E-state index contributed by atoms with van der Waals surface area (Å²) in [6.45, 7) is 6.68. The SMILES string of the molecule is CC1CC(C)CN(C(=O)C2CNc3ccccc3O2)C1. The van der Waals surface area contributed by atoms with Crippen LogP contribution in [0, 0.1) is 11.8 Å². The van der Waals surface area contributed by atoms with Crippen LogP contribution in [0.1, 0.15) is 20.3 Å². The maximum Gasteiger partial charge on any atom is 0.265 e. The first-order valence-corrected chi connectivity index (χ1v) is 7.42. The van der Waals surface area contributed by atoms with Gasteiger partial charge in [-0.2, -0.15) is 0 Å². The number of piperidine rings is 1. The number of anilines is 1. The minimum atomic E-state index is -0.401. The van der Waals surface area contributed by atoms with Crippen molar-refractivity contribution in [2.45, 2.75) is 26.4 Å². The van der Waals surface area contributed by atoms with Crippen LogP contribution in [0.2, 0.25) is 0 Å². The fourth-order valence-electron chi connectivity index (χ4n) is 3.30. The highest BCUT2D eigenvalue weighted by atomic mass is 16.5. The summed E-state index contributed by atoms with van der Waals surface area (Å²) in [6, 6.07) is 7.77. The number of amides is 1. The number of benzene rings is 1. The second-order valence-corrected chi connectivity index (χ2v) is 6.17. The van der Waals surface area contributed by atoms with Crippen LogP contribution in [0.3, 0.4) is 0 Å². The first kappa shape index (κ1) is 13.3. The van der Waals surface area contributed by atoms with Crippen LogP contribution in [0.15, 0.2) is 24.3 Å². The molecule has 2 aliphatic heterocycles. The summed E-state index contributed by atoms with van der Waals surface area (Å²) in [5.74, 6) is 2.04. The van der Waals surface area contributed by atoms with Crippen LogP contribution >= 0.6 is 0 Å². The van der Waals surface area contributed by atoms with Gasteiger partial charge in [-0.25, -0.2) is 0 Å². The van der Waals surface area contributed by atoms with Crippen LogP contribution in [0.25, 0.3) is 0 Å². The molecule has 4 nitrogen and oxygen atoms in total. The number of carbonyl (C=O) groups excluding carboxylic acids is 1. The summed E-state index contributed by atoms with van der Waals surface area (Å²) in [5, 5.41) is 3.28. The predicted molar refractivity (Wildman–Crippen MR) is 78.9 cm³/mol. The van der Waals surface area contributed by atoms with E-state index in [1.165, 1.54) is 6.42 Å². The Morgan fingerprint density at radius 1 is 1.25 bits per heavy atom. The van der Waals surface area contributed by atoms with E-state index < -0.39 is 6.10 Å². The largest absolute Gasteiger partial charge is 0.477 e. The van der Waals surface area contributed by atoms with Crippen molar-refractivity contribution in [3.63, 3.8) is 0 Å². The van der Waals surface area contributed by atoms with Crippen LogP contribution in [0.4, 0.5) is 5.69 Å². The average Bonchev–Trinajstić information content (AvgIpc) is 2.45. The topological polar surface area (TPSA) is 41.6 Å². The van der Waals surface area contributed by atoms with E-state index >= 15 is 0 Å². The number of hydrogen-bond donors (Lipinski definition) is 1. The standard InChI is InChI=1S/C16H22N2O2/c1-11-7-12(2)10-18(9-11)16(19)15-8-17-13-5-3-4-6-14(13)20-15/h3-6,11-12,15,17H,7-10H2,1-2H3. The van der Waals surface area contributed by atoms with Crippen molar-refractivity contribution in [1.82, 2.24) is 4.90 Å². The lowest BCUT2D eigenvalue weighted by Crippen LogP contribution is -2.51. The number of nitrogens with zero attached hydrogens (tertiary/aromatic N) is 1. The molecule has 0 aliphatic carbocycles. The summed E-state index contributed by atoms with van der Waals surface area (Å²) < 4.78 is 5.86. The third kappa shape index (κ3) is 2.60. The van der Waals surface area contributed by atoms with E-state index in [4.69, 9.17) is 4.74 Å². The van der Waals surface area contributed by atoms with Gasteiger partial charge in [-0.05, 0) is 30.4 Å². The Morgan fingerprint density at radius 2 is 1.95 bits per heavy atom. The Labute approximate surface area is 120 Å². The molecule has 3 rings (SSSR count). The maximum atomic E-state index is 12.6. The summed E-state index contributed by atoms with van der Waals surface area (Å²) in [6.07, 6.45) is 0.804. The van der Waals surface area contributed by atoms with Gasteiger partial charge in [-0.3, -0.25) is 4.79 Å². The lowest BCUT2D eigenvalue weighted by Gasteiger charge is -2.38. The molecule has 20 heavy (non-hydrogen) atoms. The molecular formula is C16H22N2O2. The number of fused-ring (bicyclic) bond motifs is 1. The van der Waals surface area contributed by atoms with E-state index in [0.717, 1.165) is 24.5 Å². The van der Waals surface area contributed by atoms with Crippen molar-refractivity contribution in [2.75, 3.05) is 25.0 Å². The second kappa shape index (κ2) is 5.35. The Bertz CT molecular complexity index is 493. The number of para-hydroxylation sites is 2. The van der Waals surface area contributed by atoms with Gasteiger partial charge < -0.3 is 15.0 Å². The van der Waals surface area contributed by atoms with Crippen LogP contribution in [-0.2, 0) is 4.79 Å². The van der Waals surface area contributed by atoms with Gasteiger partial charge in [0.2, 0.25) is 0 Å². The fourth-order valence-corrected chi connectivity index (χ4v) is 3.30. The van der Waals surface area contributed by atoms with E-state index in [9.17, 15) is 4.79 Å². The number of ether oxygens (including phenoxy) is 1. The van der Waals surface area contributed by atoms with Crippen LogP contribution in [-0.4, -0.2) is 36.5 Å². The molecular weight excluding hydrogens is 252 g/mol. The molecule has 108 valence electrons. The van der Waals surface area contributed by atoms with Gasteiger partial charge in [0.05, 0.1) is 12.2 Å². The van der Waals surface area contributed by atoms with Crippen molar-refractivity contribution < 1.29 is 9.53 Å². The van der Waals surface area contributed by atoms with Gasteiger partial charge in [0, 0.05) is 13.1 Å². The average molecular weight is 274 g/mol. The highest BCUT2D eigenvalue weighted by Crippen LogP contribution is 2.29. The molecule has 4 heteroatoms. The molecule has 1 aromatic carbocycles. The minimum Gasteiger partial charge on any atom is -0.477 e. The summed E-state index contributed by atoms with van der Waals surface area (Å²) in [5.41, 5.74) is 0.969. The van der Waals surface area contributed by atoms with E-state index in [0.29, 0.717) is 18.4 Å². The third-order valence-electron chi connectivity index (χ3n) is 4.09. The van der Waals surface area contributed by atoms with Crippen molar-refractivity contribution in [2.24, 2.45) is 11.8 Å². The quantitative estimate of drug-likeness (QED) is 0.855. The highest BCUT2D eigenvalue weighted by Gasteiger charge is 2.33. The van der Waals surface area contributed by atoms with Gasteiger partial charge in [-0.1, -0.05) is 26.0 Å². The molecule has 0 spiro atoms. The normalized spacial score (nSPS) is 29.1. The third-order valence-corrected chi connectivity index (χ3v) is 4.09. The fraction of sp³-hybridized carbons (Fsp3) is 0.562. The minimum absolute atomic E-state index is 0.116. The molecule has 1 amide bonds. The Balaban J connectivity index is 1.69. The number of rotatable bonds is 1. The first-order chi connectivity index (χ1) is 9.63. The predicted octanol–water partition coefficient (Wildman–Crippen LogP) is 2.36. The summed E-state index contributed by atoms with van der Waals surface area (Å²) >= 11 is 0. The molecule has 1 saturated heterocycles. The number of nitrogens with one attached hydrogen (secondary N) is 1. The molecule has 0 bridgehead atoms. The lowest BCUT2D eigenvalue weighted by atomic mass is 9.91. The molecule has 0 aromatic heterocycles. The zero-order valence-corrected chi connectivity index (χ0v) is 12.1. The summed E-state index contributed by atoms with van der Waals surface area (Å²) in [4.78, 5) is 14.6. The van der Waals surface area contributed by atoms with Gasteiger partial charge in [0.15, 0.2) is 6.10 Å². The number of carbonyl (C=O) groups is 1. The molecule has 2 heterocycles. The van der Waals surface area contributed by atoms with Gasteiger partial charge >= 0.3 is 0 Å². The van der Waals surface area contributed by atoms with E-state index in [-0.39, 0.29) is 5.91 Å². The van der Waals surface area contributed by atoms with Crippen molar-refractivity contribution in [3.05, 3.63) is 24.3 Å². The molecule has 0 saturated carbocycles. The molecule has 1 fully saturated rings. The lowest BCUT2D eigenvalue weighted by molar-refractivity contribution is -0.141. The summed E-state index contributed by atoms with van der Waals surface area (Å²) in [7, 11) is 0. The van der Waals surface area contributed by atoms with Gasteiger partial charge in [-0.15, -0.1) is 0 Å². The van der Waals surface area contributed by atoms with Crippen molar-refractivity contribution >= 4 is 11.6 Å². The van der Waals surface area contributed by atoms with E-state index in [1.54, 1.807) is 0 Å². The van der Waals surface area contributed by atoms with Crippen molar-refractivity contribution in [1.29, 1.82) is 0 Å². The van der Waals surface area contributed by atoms with Crippen molar-refractivity contribution in [3.8, 4) is 5.75 Å². The Morgan fingerprint density at radius 3 is 2.70 bits per heavy atom. The first-order valence-electron chi connectivity index (χ1n) is 7.42. The Hall–Kier alpha value is -1.71. The molecule has 3 atom stereocenters. The molecule has 3 unspecified atom stereocenters. The number of hydrogen-bond acceptors (Lipinski definition) is 3. The Kier molecular flexibility index (Phi) is 3.55. The second-order valence-electron chi connectivity index (χ2n) is 6.17. The van der Waals surface area contributed by atoms with Crippen LogP contribution < -0.4 is 10.1 Å². The zero-order valence-electron chi connectivity index (χ0n) is 12.1. The zero-order chi connectivity index (χ0) is 14.1. The molecule has 0 radical (unpaired) electrons. The number of likely N-dealkylation sites (tertiary alicyclic amines) is 1. The molecule has 1 aromatic rings. The maximum absolute atomic E-state index is 12.6. The smallest absolute Gasteiger partial charge is 0.265 e. The molecule has 2 aliphatic rings. The van der Waals surface area contributed by atoms with E-state index in [2.05, 4.69) is 19.2 Å². The highest BCUT2D eigenvalue weighted by molar-refractivity contribution is 5.83.